The highest BCUT2D eigenvalue weighted by Crippen LogP contribution is 2.29. The van der Waals surface area contributed by atoms with E-state index in [4.69, 9.17) is 11.6 Å². The van der Waals surface area contributed by atoms with E-state index in [1.54, 1.807) is 0 Å². The van der Waals surface area contributed by atoms with Gasteiger partial charge < -0.3 is 5.32 Å². The third-order valence-electron chi connectivity index (χ3n) is 2.93. The second kappa shape index (κ2) is 8.08. The van der Waals surface area contributed by atoms with E-state index in [1.165, 1.54) is 16.9 Å². The van der Waals surface area contributed by atoms with Crippen LogP contribution in [0.2, 0.25) is 5.02 Å². The lowest BCUT2D eigenvalue weighted by Gasteiger charge is -2.11. The molecular formula is C15H24ClNS. The second-order valence-corrected chi connectivity index (χ2v) is 6.59. The van der Waals surface area contributed by atoms with Crippen LogP contribution in [0.3, 0.4) is 0 Å². The van der Waals surface area contributed by atoms with Crippen molar-refractivity contribution < 1.29 is 0 Å². The molecule has 0 saturated carbocycles. The molecule has 0 spiro atoms. The zero-order valence-corrected chi connectivity index (χ0v) is 13.4. The predicted octanol–water partition coefficient (Wildman–Crippen LogP) is 4.98. The molecule has 0 heterocycles. The third kappa shape index (κ3) is 5.64. The van der Waals surface area contributed by atoms with Gasteiger partial charge in [-0.2, -0.15) is 0 Å². The van der Waals surface area contributed by atoms with Crippen LogP contribution in [0.15, 0.2) is 23.1 Å². The lowest BCUT2D eigenvalue weighted by molar-refractivity contribution is 0.588. The summed E-state index contributed by atoms with van der Waals surface area (Å²) < 4.78 is 0. The highest BCUT2D eigenvalue weighted by atomic mass is 35.5. The van der Waals surface area contributed by atoms with Crippen LogP contribution in [0.4, 0.5) is 0 Å². The smallest absolute Gasteiger partial charge is 0.0545 e. The van der Waals surface area contributed by atoms with Crippen molar-refractivity contribution in [1.82, 2.24) is 5.32 Å². The molecule has 0 aliphatic rings. The molecule has 1 atom stereocenters. The fourth-order valence-electron chi connectivity index (χ4n) is 1.44. The van der Waals surface area contributed by atoms with Gasteiger partial charge in [0.2, 0.25) is 0 Å². The van der Waals surface area contributed by atoms with Crippen LogP contribution in [0.25, 0.3) is 0 Å². The number of hydrogen-bond acceptors (Lipinski definition) is 2. The van der Waals surface area contributed by atoms with Crippen molar-refractivity contribution in [3.63, 3.8) is 0 Å². The zero-order valence-electron chi connectivity index (χ0n) is 11.8. The first kappa shape index (κ1) is 15.9. The summed E-state index contributed by atoms with van der Waals surface area (Å²) in [5.74, 6) is 1.88. The Balaban J connectivity index is 2.56. The Morgan fingerprint density at radius 3 is 2.56 bits per heavy atom. The van der Waals surface area contributed by atoms with Crippen molar-refractivity contribution in [2.75, 3.05) is 5.75 Å². The van der Waals surface area contributed by atoms with Crippen LogP contribution in [-0.2, 0) is 6.54 Å². The molecule has 0 aromatic heterocycles. The van der Waals surface area contributed by atoms with E-state index in [0.717, 1.165) is 23.2 Å². The summed E-state index contributed by atoms with van der Waals surface area (Å²) in [5, 5.41) is 4.28. The van der Waals surface area contributed by atoms with Gasteiger partial charge in [0.1, 0.15) is 0 Å². The normalized spacial score (nSPS) is 13.0. The van der Waals surface area contributed by atoms with Gasteiger partial charge in [-0.15, -0.1) is 11.8 Å². The molecule has 0 saturated heterocycles. The van der Waals surface area contributed by atoms with E-state index >= 15 is 0 Å². The Labute approximate surface area is 121 Å². The summed E-state index contributed by atoms with van der Waals surface area (Å²) in [7, 11) is 0. The van der Waals surface area contributed by atoms with Crippen molar-refractivity contribution in [2.45, 2.75) is 51.6 Å². The summed E-state index contributed by atoms with van der Waals surface area (Å²) in [4.78, 5) is 1.20. The standard InChI is InChI=1S/C15H24ClNS/c1-5-12(4)10-18-15-7-6-13(8-14(15)16)9-17-11(2)3/h6-8,11-12,17H,5,9-10H2,1-4H3. The number of hydrogen-bond donors (Lipinski definition) is 1. The van der Waals surface area contributed by atoms with Crippen LogP contribution in [0.5, 0.6) is 0 Å². The van der Waals surface area contributed by atoms with Crippen LogP contribution in [0, 0.1) is 5.92 Å². The van der Waals surface area contributed by atoms with Crippen molar-refractivity contribution >= 4 is 23.4 Å². The van der Waals surface area contributed by atoms with Crippen LogP contribution >= 0.6 is 23.4 Å². The average molecular weight is 286 g/mol. The van der Waals surface area contributed by atoms with Crippen molar-refractivity contribution in [3.8, 4) is 0 Å². The van der Waals surface area contributed by atoms with Crippen molar-refractivity contribution in [2.24, 2.45) is 5.92 Å². The maximum Gasteiger partial charge on any atom is 0.0545 e. The molecular weight excluding hydrogens is 262 g/mol. The van der Waals surface area contributed by atoms with Crippen molar-refractivity contribution in [3.05, 3.63) is 28.8 Å². The third-order valence-corrected chi connectivity index (χ3v) is 4.76. The Kier molecular flexibility index (Phi) is 7.13. The molecule has 0 bridgehead atoms. The van der Waals surface area contributed by atoms with Gasteiger partial charge in [0.05, 0.1) is 5.02 Å². The maximum absolute atomic E-state index is 6.32. The van der Waals surface area contributed by atoms with Gasteiger partial charge in [0, 0.05) is 23.2 Å². The van der Waals surface area contributed by atoms with Gasteiger partial charge in [0.15, 0.2) is 0 Å². The molecule has 1 nitrogen and oxygen atoms in total. The summed E-state index contributed by atoms with van der Waals surface area (Å²) in [6, 6.07) is 6.89. The largest absolute Gasteiger partial charge is 0.310 e. The molecule has 3 heteroatoms. The molecule has 102 valence electrons. The lowest BCUT2D eigenvalue weighted by Crippen LogP contribution is -2.21. The van der Waals surface area contributed by atoms with Gasteiger partial charge >= 0.3 is 0 Å². The van der Waals surface area contributed by atoms with Crippen LogP contribution in [-0.4, -0.2) is 11.8 Å². The Hall–Kier alpha value is -0.180. The van der Waals surface area contributed by atoms with E-state index in [1.807, 2.05) is 11.8 Å². The van der Waals surface area contributed by atoms with Gasteiger partial charge in [0.25, 0.3) is 0 Å². The molecule has 0 aliphatic heterocycles. The lowest BCUT2D eigenvalue weighted by atomic mass is 10.2. The minimum atomic E-state index is 0.503. The first-order valence-electron chi connectivity index (χ1n) is 6.67. The summed E-state index contributed by atoms with van der Waals surface area (Å²) in [6.45, 7) is 9.69. The fraction of sp³-hybridized carbons (Fsp3) is 0.600. The molecule has 1 aromatic carbocycles. The van der Waals surface area contributed by atoms with Crippen LogP contribution < -0.4 is 5.32 Å². The molecule has 0 amide bonds. The highest BCUT2D eigenvalue weighted by molar-refractivity contribution is 7.99. The minimum Gasteiger partial charge on any atom is -0.310 e. The van der Waals surface area contributed by atoms with Gasteiger partial charge in [-0.05, 0) is 23.6 Å². The first-order valence-corrected chi connectivity index (χ1v) is 8.03. The van der Waals surface area contributed by atoms with Gasteiger partial charge in [-0.3, -0.25) is 0 Å². The van der Waals surface area contributed by atoms with Gasteiger partial charge in [-0.1, -0.05) is 51.8 Å². The van der Waals surface area contributed by atoms with Crippen molar-refractivity contribution in [1.29, 1.82) is 0 Å². The average Bonchev–Trinajstić information content (AvgIpc) is 2.34. The van der Waals surface area contributed by atoms with E-state index in [9.17, 15) is 0 Å². The molecule has 0 aliphatic carbocycles. The second-order valence-electron chi connectivity index (χ2n) is 5.12. The molecule has 1 rings (SSSR count). The summed E-state index contributed by atoms with van der Waals surface area (Å²) in [5.41, 5.74) is 1.25. The number of rotatable bonds is 7. The summed E-state index contributed by atoms with van der Waals surface area (Å²) in [6.07, 6.45) is 1.22. The molecule has 18 heavy (non-hydrogen) atoms. The van der Waals surface area contributed by atoms with E-state index in [-0.39, 0.29) is 0 Å². The molecule has 0 radical (unpaired) electrons. The first-order chi connectivity index (χ1) is 8.52. The van der Waals surface area contributed by atoms with Gasteiger partial charge in [-0.25, -0.2) is 0 Å². The number of benzene rings is 1. The van der Waals surface area contributed by atoms with E-state index in [2.05, 4.69) is 51.2 Å². The number of nitrogens with one attached hydrogen (secondary N) is 1. The fourth-order valence-corrected chi connectivity index (χ4v) is 2.87. The number of thioether (sulfide) groups is 1. The Morgan fingerprint density at radius 1 is 1.28 bits per heavy atom. The Bertz CT molecular complexity index is 366. The minimum absolute atomic E-state index is 0.503. The van der Waals surface area contributed by atoms with Crippen LogP contribution in [0.1, 0.15) is 39.7 Å². The summed E-state index contributed by atoms with van der Waals surface area (Å²) >= 11 is 8.18. The molecule has 1 aromatic rings. The predicted molar refractivity (Wildman–Crippen MR) is 83.6 cm³/mol. The number of halogens is 1. The topological polar surface area (TPSA) is 12.0 Å². The van der Waals surface area contributed by atoms with E-state index < -0.39 is 0 Å². The molecule has 1 N–H and O–H groups in total. The quantitative estimate of drug-likeness (QED) is 0.710. The monoisotopic (exact) mass is 285 g/mol. The SMILES string of the molecule is CCC(C)CSc1ccc(CNC(C)C)cc1Cl. The maximum atomic E-state index is 6.32. The molecule has 0 fully saturated rings. The Morgan fingerprint density at radius 2 is 2.00 bits per heavy atom. The van der Waals surface area contributed by atoms with E-state index in [0.29, 0.717) is 6.04 Å². The molecule has 1 unspecified atom stereocenters. The zero-order chi connectivity index (χ0) is 13.5. The highest BCUT2D eigenvalue weighted by Gasteiger charge is 2.05.